The van der Waals surface area contributed by atoms with E-state index in [2.05, 4.69) is 40.0 Å². The molecule has 0 saturated heterocycles. The van der Waals surface area contributed by atoms with Gasteiger partial charge in [-0.3, -0.25) is 9.69 Å². The van der Waals surface area contributed by atoms with Crippen molar-refractivity contribution in [3.05, 3.63) is 40.0 Å². The monoisotopic (exact) mass is 493 g/mol. The summed E-state index contributed by atoms with van der Waals surface area (Å²) < 4.78 is 7.30. The standard InChI is InChI=1S/C22H25BrClN3O3/c1-4-26(5-2)21(28)13-9-15-14-7-6-8-17-19(14)16(10-18(15)25(3)11-13)20(23)27(17)22(29)30-12-24/h6-9,13,18H,4-5,10-12H2,1-3H3/t13-,18-/m1/s1. The number of carbonyl (C=O) groups is 2. The number of carbonyl (C=O) groups excluding carboxylic acids is 2. The first-order valence-corrected chi connectivity index (χ1v) is 11.5. The van der Waals surface area contributed by atoms with Gasteiger partial charge in [0.15, 0.2) is 6.07 Å². The smallest absolute Gasteiger partial charge is 0.420 e. The quantitative estimate of drug-likeness (QED) is 0.594. The molecule has 30 heavy (non-hydrogen) atoms. The zero-order valence-electron chi connectivity index (χ0n) is 17.3. The first-order chi connectivity index (χ1) is 14.4. The molecule has 6 nitrogen and oxygen atoms in total. The molecule has 0 saturated carbocycles. The summed E-state index contributed by atoms with van der Waals surface area (Å²) in [6.45, 7) is 6.12. The number of likely N-dealkylation sites (N-methyl/N-ethyl adjacent to an activating group) is 1. The van der Waals surface area contributed by atoms with Crippen molar-refractivity contribution in [2.75, 3.05) is 32.7 Å². The summed E-state index contributed by atoms with van der Waals surface area (Å²) in [7, 11) is 2.07. The van der Waals surface area contributed by atoms with E-state index in [0.717, 1.165) is 34.0 Å². The van der Waals surface area contributed by atoms with Crippen LogP contribution in [0.25, 0.3) is 16.5 Å². The highest BCUT2D eigenvalue weighted by atomic mass is 79.9. The third-order valence-corrected chi connectivity index (χ3v) is 7.19. The topological polar surface area (TPSA) is 54.8 Å². The van der Waals surface area contributed by atoms with Crippen LogP contribution in [0.4, 0.5) is 4.79 Å². The summed E-state index contributed by atoms with van der Waals surface area (Å²) in [4.78, 5) is 29.8. The van der Waals surface area contributed by atoms with Crippen molar-refractivity contribution in [1.82, 2.24) is 14.4 Å². The summed E-state index contributed by atoms with van der Waals surface area (Å²) in [6.07, 6.45) is 2.39. The van der Waals surface area contributed by atoms with Crippen LogP contribution in [0.3, 0.4) is 0 Å². The third kappa shape index (κ3) is 3.27. The largest absolute Gasteiger partial charge is 0.433 e. The van der Waals surface area contributed by atoms with Gasteiger partial charge in [0.25, 0.3) is 0 Å². The Kier molecular flexibility index (Phi) is 5.97. The van der Waals surface area contributed by atoms with Gasteiger partial charge in [-0.15, -0.1) is 0 Å². The van der Waals surface area contributed by atoms with E-state index in [1.54, 1.807) is 0 Å². The molecule has 8 heteroatoms. The van der Waals surface area contributed by atoms with Crippen LogP contribution in [0.5, 0.6) is 0 Å². The maximum absolute atomic E-state index is 13.1. The van der Waals surface area contributed by atoms with Gasteiger partial charge >= 0.3 is 6.09 Å². The van der Waals surface area contributed by atoms with Crippen LogP contribution < -0.4 is 0 Å². The first kappa shape index (κ1) is 21.4. The summed E-state index contributed by atoms with van der Waals surface area (Å²) in [6, 6.07) is 5.88. The van der Waals surface area contributed by atoms with Crippen LogP contribution >= 0.6 is 27.5 Å². The number of benzene rings is 1. The molecule has 0 fully saturated rings. The van der Waals surface area contributed by atoms with E-state index in [9.17, 15) is 9.59 Å². The molecule has 0 radical (unpaired) electrons. The number of amides is 1. The maximum Gasteiger partial charge on any atom is 0.420 e. The highest BCUT2D eigenvalue weighted by Crippen LogP contribution is 2.45. The lowest BCUT2D eigenvalue weighted by Gasteiger charge is -2.40. The molecule has 160 valence electrons. The maximum atomic E-state index is 13.1. The predicted octanol–water partition coefficient (Wildman–Crippen LogP) is 4.32. The number of aromatic nitrogens is 1. The van der Waals surface area contributed by atoms with E-state index in [1.807, 2.05) is 30.9 Å². The molecule has 2 atom stereocenters. The lowest BCUT2D eigenvalue weighted by molar-refractivity contribution is -0.134. The summed E-state index contributed by atoms with van der Waals surface area (Å²) in [5, 5.41) is 1.03. The highest BCUT2D eigenvalue weighted by molar-refractivity contribution is 9.10. The zero-order chi connectivity index (χ0) is 21.6. The second kappa shape index (κ2) is 8.36. The molecule has 1 aromatic heterocycles. The van der Waals surface area contributed by atoms with Crippen molar-refractivity contribution in [3.63, 3.8) is 0 Å². The van der Waals surface area contributed by atoms with Crippen molar-refractivity contribution in [1.29, 1.82) is 0 Å². The molecule has 0 unspecified atom stereocenters. The molecule has 0 bridgehead atoms. The Balaban J connectivity index is 1.86. The zero-order valence-corrected chi connectivity index (χ0v) is 19.7. The van der Waals surface area contributed by atoms with Gasteiger partial charge in [-0.25, -0.2) is 9.36 Å². The lowest BCUT2D eigenvalue weighted by Crippen LogP contribution is -2.47. The van der Waals surface area contributed by atoms with E-state index in [0.29, 0.717) is 24.2 Å². The van der Waals surface area contributed by atoms with E-state index in [-0.39, 0.29) is 23.9 Å². The highest BCUT2D eigenvalue weighted by Gasteiger charge is 2.38. The minimum Gasteiger partial charge on any atom is -0.433 e. The average Bonchev–Trinajstić information content (AvgIpc) is 3.02. The molecule has 0 N–H and O–H groups in total. The summed E-state index contributed by atoms with van der Waals surface area (Å²) in [5.41, 5.74) is 4.09. The fraction of sp³-hybridized carbons (Fsp3) is 0.455. The number of rotatable bonds is 4. The summed E-state index contributed by atoms with van der Waals surface area (Å²) >= 11 is 9.25. The first-order valence-electron chi connectivity index (χ1n) is 10.2. The number of ether oxygens (including phenoxy) is 1. The average molecular weight is 495 g/mol. The number of halogens is 2. The van der Waals surface area contributed by atoms with Crippen LogP contribution in [0.1, 0.15) is 25.0 Å². The Bertz CT molecular complexity index is 1040. The molecule has 1 aromatic carbocycles. The fourth-order valence-electron chi connectivity index (χ4n) is 4.81. The number of hydrogen-bond donors (Lipinski definition) is 0. The van der Waals surface area contributed by atoms with E-state index in [1.165, 1.54) is 4.57 Å². The van der Waals surface area contributed by atoms with Gasteiger partial charge in [0, 0.05) is 31.1 Å². The van der Waals surface area contributed by atoms with Crippen LogP contribution in [0.2, 0.25) is 0 Å². The van der Waals surface area contributed by atoms with Crippen LogP contribution in [-0.2, 0) is 16.0 Å². The molecule has 2 heterocycles. The molecule has 2 aliphatic rings. The second-order valence-corrected chi connectivity index (χ2v) is 8.69. The Morgan fingerprint density at radius 1 is 1.30 bits per heavy atom. The fourth-order valence-corrected chi connectivity index (χ4v) is 5.60. The SMILES string of the molecule is CCN(CC)C(=O)[C@@H]1C=C2c3cccc4c3c(c(Br)n4C(=O)OCCl)C[C@H]2N(C)C1. The van der Waals surface area contributed by atoms with Crippen molar-refractivity contribution in [2.45, 2.75) is 26.3 Å². The van der Waals surface area contributed by atoms with Crippen molar-refractivity contribution in [2.24, 2.45) is 5.92 Å². The molecular formula is C22H25BrClN3O3. The number of hydrogen-bond acceptors (Lipinski definition) is 4. The molecular weight excluding hydrogens is 470 g/mol. The number of nitrogens with zero attached hydrogens (tertiary/aromatic N) is 3. The van der Waals surface area contributed by atoms with Crippen LogP contribution in [0, 0.1) is 5.92 Å². The third-order valence-electron chi connectivity index (χ3n) is 6.25. The number of alkyl halides is 1. The summed E-state index contributed by atoms with van der Waals surface area (Å²) in [5.74, 6) is -0.00934. The van der Waals surface area contributed by atoms with Crippen molar-refractivity contribution in [3.8, 4) is 0 Å². The van der Waals surface area contributed by atoms with Gasteiger partial charge in [0.05, 0.1) is 16.0 Å². The molecule has 1 aliphatic heterocycles. The lowest BCUT2D eigenvalue weighted by atomic mass is 9.79. The van der Waals surface area contributed by atoms with Crippen molar-refractivity contribution >= 4 is 56.0 Å². The second-order valence-electron chi connectivity index (χ2n) is 7.72. The van der Waals surface area contributed by atoms with Gasteiger partial charge in [0.2, 0.25) is 5.91 Å². The molecule has 0 spiro atoms. The predicted molar refractivity (Wildman–Crippen MR) is 122 cm³/mol. The number of fused-ring (bicyclic) bond motifs is 2. The van der Waals surface area contributed by atoms with E-state index < -0.39 is 6.09 Å². The van der Waals surface area contributed by atoms with Gasteiger partial charge in [-0.2, -0.15) is 0 Å². The normalized spacial score (nSPS) is 20.6. The Morgan fingerprint density at radius 2 is 2.03 bits per heavy atom. The Labute approximate surface area is 189 Å². The van der Waals surface area contributed by atoms with Gasteiger partial charge < -0.3 is 9.64 Å². The molecule has 1 amide bonds. The van der Waals surface area contributed by atoms with E-state index in [4.69, 9.17) is 16.3 Å². The van der Waals surface area contributed by atoms with Gasteiger partial charge in [-0.05, 0) is 66.0 Å². The Hall–Kier alpha value is -1.83. The van der Waals surface area contributed by atoms with Gasteiger partial charge in [-0.1, -0.05) is 29.8 Å². The molecule has 4 rings (SSSR count). The minimum absolute atomic E-state index is 0.153. The van der Waals surface area contributed by atoms with E-state index >= 15 is 0 Å². The minimum atomic E-state index is -0.507. The van der Waals surface area contributed by atoms with Crippen molar-refractivity contribution < 1.29 is 14.3 Å². The van der Waals surface area contributed by atoms with Gasteiger partial charge in [0.1, 0.15) is 0 Å². The van der Waals surface area contributed by atoms with Crippen LogP contribution in [0.15, 0.2) is 28.9 Å². The Morgan fingerprint density at radius 3 is 2.70 bits per heavy atom. The van der Waals surface area contributed by atoms with Crippen LogP contribution in [-0.4, -0.2) is 65.2 Å². The molecule has 1 aliphatic carbocycles. The molecule has 2 aromatic rings.